The number of nitrogens with zero attached hydrogens (tertiary/aromatic N) is 2. The minimum Gasteiger partial charge on any atom is -0.451 e. The van der Waals surface area contributed by atoms with E-state index in [0.717, 1.165) is 0 Å². The second-order valence-electron chi connectivity index (χ2n) is 5.35. The molecule has 4 nitrogen and oxygen atoms in total. The van der Waals surface area contributed by atoms with Gasteiger partial charge in [0.1, 0.15) is 32.1 Å². The molecule has 0 saturated carbocycles. The van der Waals surface area contributed by atoms with Crippen LogP contribution in [0.25, 0.3) is 0 Å². The van der Waals surface area contributed by atoms with Crippen molar-refractivity contribution in [2.45, 2.75) is 7.43 Å². The van der Waals surface area contributed by atoms with Crippen molar-refractivity contribution in [3.63, 3.8) is 0 Å². The first-order chi connectivity index (χ1) is 11.7. The third-order valence-electron chi connectivity index (χ3n) is 3.86. The van der Waals surface area contributed by atoms with Crippen LogP contribution in [-0.4, -0.2) is 0 Å². The van der Waals surface area contributed by atoms with Crippen LogP contribution in [0.5, 0.6) is 23.0 Å². The third kappa shape index (κ3) is 2.29. The summed E-state index contributed by atoms with van der Waals surface area (Å²) in [6.07, 6.45) is 0. The zero-order valence-corrected chi connectivity index (χ0v) is 13.6. The first-order valence-corrected chi connectivity index (χ1v) is 8.00. The van der Waals surface area contributed by atoms with E-state index in [9.17, 15) is 0 Å². The molecular formula is C19H14Cl2N2O2. The topological polar surface area (TPSA) is 43.2 Å². The molecule has 0 aliphatic carbocycles. The molecule has 6 heteroatoms. The summed E-state index contributed by atoms with van der Waals surface area (Å²) in [4.78, 5) is 9.14. The van der Waals surface area contributed by atoms with Gasteiger partial charge in [0.15, 0.2) is 23.0 Å². The minimum absolute atomic E-state index is 0. The highest BCUT2D eigenvalue weighted by Gasteiger charge is 2.26. The molecule has 25 heavy (non-hydrogen) atoms. The van der Waals surface area contributed by atoms with Crippen molar-refractivity contribution < 1.29 is 10.9 Å². The Kier molecular flexibility index (Phi) is 3.67. The van der Waals surface area contributed by atoms with Gasteiger partial charge in [-0.3, -0.25) is 0 Å². The molecule has 2 heterocycles. The van der Waals surface area contributed by atoms with Gasteiger partial charge in [0.05, 0.1) is 0 Å². The maximum atomic E-state index is 6.53. The molecule has 126 valence electrons. The first-order valence-electron chi connectivity index (χ1n) is 7.24. The van der Waals surface area contributed by atoms with Gasteiger partial charge in [-0.25, -0.2) is 9.98 Å². The number of rotatable bonds is 0. The average Bonchev–Trinajstić information content (AvgIpc) is 2.64. The number of para-hydroxylation sites is 4. The average molecular weight is 374 g/mol. The van der Waals surface area contributed by atoms with Crippen LogP contribution in [0.3, 0.4) is 0 Å². The van der Waals surface area contributed by atoms with Gasteiger partial charge in [0.25, 0.3) is 0 Å². The molecular weight excluding hydrogens is 359 g/mol. The standard InChI is InChI=1S/C18H8Cl2N2O2.CH4.H2/c19-13-15-17(23-11-7-3-1-5-9(11)21-15)14(20)16-18(13)24-12-8-4-2-6-10(12)22-16;;/h1-8H;1H4;1H/i;;1+1. The van der Waals surface area contributed by atoms with E-state index in [1.807, 2.05) is 48.5 Å². The van der Waals surface area contributed by atoms with Crippen molar-refractivity contribution in [3.8, 4) is 23.0 Å². The second-order valence-corrected chi connectivity index (χ2v) is 6.10. The van der Waals surface area contributed by atoms with Gasteiger partial charge in [-0.15, -0.1) is 0 Å². The van der Waals surface area contributed by atoms with E-state index >= 15 is 0 Å². The number of benzene rings is 3. The molecule has 0 spiro atoms. The van der Waals surface area contributed by atoms with Crippen molar-refractivity contribution in [3.05, 3.63) is 69.3 Å². The molecule has 0 fully saturated rings. The molecule has 0 N–H and O–H groups in total. The first kappa shape index (κ1) is 15.9. The molecule has 3 aromatic rings. The summed E-state index contributed by atoms with van der Waals surface area (Å²) in [6.45, 7) is 0. The lowest BCUT2D eigenvalue weighted by atomic mass is 10.2. The van der Waals surface area contributed by atoms with E-state index in [-0.39, 0.29) is 8.85 Å². The van der Waals surface area contributed by atoms with Gasteiger partial charge in [-0.1, -0.05) is 54.9 Å². The highest BCUT2D eigenvalue weighted by molar-refractivity contribution is 6.35. The van der Waals surface area contributed by atoms with Crippen molar-refractivity contribution in [1.29, 1.82) is 0 Å². The summed E-state index contributed by atoms with van der Waals surface area (Å²) >= 11 is 13.1. The molecule has 0 unspecified atom stereocenters. The van der Waals surface area contributed by atoms with E-state index in [2.05, 4.69) is 9.98 Å². The van der Waals surface area contributed by atoms with E-state index in [4.69, 9.17) is 32.7 Å². The third-order valence-corrected chi connectivity index (χ3v) is 4.57. The number of hydrogen-bond donors (Lipinski definition) is 0. The predicted molar refractivity (Wildman–Crippen MR) is 100.0 cm³/mol. The van der Waals surface area contributed by atoms with Gasteiger partial charge < -0.3 is 9.47 Å². The molecule has 0 saturated heterocycles. The summed E-state index contributed by atoms with van der Waals surface area (Å²) in [6, 6.07) is 14.9. The monoisotopic (exact) mass is 373 g/mol. The Morgan fingerprint density at radius 3 is 1.52 bits per heavy atom. The van der Waals surface area contributed by atoms with Crippen molar-refractivity contribution in [2.75, 3.05) is 0 Å². The van der Waals surface area contributed by atoms with E-state index < -0.39 is 0 Å². The highest BCUT2D eigenvalue weighted by Crippen LogP contribution is 2.41. The van der Waals surface area contributed by atoms with Crippen LogP contribution in [0.2, 0.25) is 10.0 Å². The highest BCUT2D eigenvalue weighted by atomic mass is 35.5. The van der Waals surface area contributed by atoms with Gasteiger partial charge in [-0.05, 0) is 24.3 Å². The minimum atomic E-state index is 0. The van der Waals surface area contributed by atoms with Crippen LogP contribution < -0.4 is 20.2 Å². The zero-order chi connectivity index (χ0) is 16.3. The Labute approximate surface area is 155 Å². The van der Waals surface area contributed by atoms with E-state index in [1.165, 1.54) is 0 Å². The number of ether oxygens (including phenoxy) is 2. The second kappa shape index (κ2) is 5.76. The fourth-order valence-corrected chi connectivity index (χ4v) is 3.25. The maximum absolute atomic E-state index is 6.53. The Bertz CT molecular complexity index is 1060. The summed E-state index contributed by atoms with van der Waals surface area (Å²) < 4.78 is 11.8. The maximum Gasteiger partial charge on any atom is 0.175 e. The van der Waals surface area contributed by atoms with Crippen molar-refractivity contribution in [2.24, 2.45) is 9.98 Å². The summed E-state index contributed by atoms with van der Waals surface area (Å²) in [5.41, 5.74) is 1.38. The van der Waals surface area contributed by atoms with Crippen LogP contribution in [-0.2, 0) is 0 Å². The van der Waals surface area contributed by atoms with E-state index in [0.29, 0.717) is 55.1 Å². The summed E-state index contributed by atoms with van der Waals surface area (Å²) in [5.74, 6) is 2.04. The normalized spacial score (nSPS) is 12.6. The van der Waals surface area contributed by atoms with Crippen molar-refractivity contribution >= 4 is 34.6 Å². The van der Waals surface area contributed by atoms with Gasteiger partial charge >= 0.3 is 0 Å². The molecule has 0 aromatic heterocycles. The van der Waals surface area contributed by atoms with Gasteiger partial charge in [0, 0.05) is 1.43 Å². The Morgan fingerprint density at radius 2 is 1.08 bits per heavy atom. The van der Waals surface area contributed by atoms with Crippen LogP contribution in [0.1, 0.15) is 8.85 Å². The largest absolute Gasteiger partial charge is 0.451 e. The van der Waals surface area contributed by atoms with Crippen LogP contribution in [0, 0.1) is 0 Å². The smallest absolute Gasteiger partial charge is 0.175 e. The molecule has 0 radical (unpaired) electrons. The van der Waals surface area contributed by atoms with E-state index in [1.54, 1.807) is 0 Å². The lowest BCUT2D eigenvalue weighted by Gasteiger charge is -2.20. The Morgan fingerprint density at radius 1 is 0.680 bits per heavy atom. The SMILES string of the molecule is C.Clc1c2c(c(Cl)c3c1=Nc1ccccc1O3)=Nc1ccccc1O2.[2HH]. The molecule has 2 aliphatic heterocycles. The van der Waals surface area contributed by atoms with Crippen molar-refractivity contribution in [1.82, 2.24) is 0 Å². The molecule has 0 bridgehead atoms. The quantitative estimate of drug-likeness (QED) is 0.334. The number of halogens is 2. The summed E-state index contributed by atoms with van der Waals surface area (Å²) in [5, 5.41) is 1.57. The molecule has 3 aromatic carbocycles. The van der Waals surface area contributed by atoms with Crippen LogP contribution >= 0.6 is 23.2 Å². The lowest BCUT2D eigenvalue weighted by molar-refractivity contribution is 0.451. The van der Waals surface area contributed by atoms with Crippen LogP contribution in [0.15, 0.2) is 58.5 Å². The fourth-order valence-electron chi connectivity index (χ4n) is 2.74. The molecule has 5 rings (SSSR count). The lowest BCUT2D eigenvalue weighted by Crippen LogP contribution is -2.22. The van der Waals surface area contributed by atoms with Gasteiger partial charge in [0.2, 0.25) is 0 Å². The number of hydrogen-bond acceptors (Lipinski definition) is 4. The molecule has 0 amide bonds. The summed E-state index contributed by atoms with van der Waals surface area (Å²) in [7, 11) is 0. The zero-order valence-electron chi connectivity index (χ0n) is 12.1. The molecule has 2 aliphatic rings. The van der Waals surface area contributed by atoms with Crippen LogP contribution in [0.4, 0.5) is 11.4 Å². The Hall–Kier alpha value is -2.56. The van der Waals surface area contributed by atoms with Gasteiger partial charge in [-0.2, -0.15) is 0 Å². The molecule has 0 atom stereocenters. The predicted octanol–water partition coefficient (Wildman–Crippen LogP) is 5.99. The number of fused-ring (bicyclic) bond motifs is 4. The fraction of sp³-hybridized carbons (Fsp3) is 0.0526. The Balaban J connectivity index is 0.000000980.